The van der Waals surface area contributed by atoms with E-state index in [9.17, 15) is 18.0 Å². The standard InChI is InChI=1S/C21H20F3N5O2S/c1-11-5-13(16-8-26-19(32-16)21(9-31-10-21)29-12(2)30)7-14(6-11)27-20-25-4-3-15(28-20)17(22)18(23)24/h3-8,17-18H,9-10H2,1-2H3,(H,29,30)(H,25,27,28). The first-order chi connectivity index (χ1) is 15.3. The van der Waals surface area contributed by atoms with Crippen LogP contribution in [0.3, 0.4) is 0 Å². The SMILES string of the molecule is CC(=O)NC1(c2ncc(-c3cc(C)cc(Nc4nccc(C(F)C(F)F)n4)c3)s2)COC1. The van der Waals surface area contributed by atoms with Crippen LogP contribution in [0.25, 0.3) is 10.4 Å². The highest BCUT2D eigenvalue weighted by atomic mass is 32.1. The number of aromatic nitrogens is 3. The van der Waals surface area contributed by atoms with Gasteiger partial charge in [-0.1, -0.05) is 6.07 Å². The van der Waals surface area contributed by atoms with Crippen LogP contribution in [0, 0.1) is 6.92 Å². The van der Waals surface area contributed by atoms with Crippen molar-refractivity contribution in [2.75, 3.05) is 18.5 Å². The number of ether oxygens (including phenoxy) is 1. The fourth-order valence-electron chi connectivity index (χ4n) is 3.36. The number of benzene rings is 1. The summed E-state index contributed by atoms with van der Waals surface area (Å²) >= 11 is 1.45. The molecule has 1 saturated heterocycles. The predicted molar refractivity (Wildman–Crippen MR) is 114 cm³/mol. The van der Waals surface area contributed by atoms with Gasteiger partial charge < -0.3 is 15.4 Å². The third-order valence-electron chi connectivity index (χ3n) is 4.83. The molecule has 2 N–H and O–H groups in total. The average Bonchev–Trinajstić information content (AvgIpc) is 3.20. The van der Waals surface area contributed by atoms with E-state index in [1.807, 2.05) is 25.1 Å². The molecule has 3 aromatic rings. The van der Waals surface area contributed by atoms with Crippen molar-refractivity contribution in [3.05, 3.63) is 52.9 Å². The molecular weight excluding hydrogens is 443 g/mol. The quantitative estimate of drug-likeness (QED) is 0.544. The average molecular weight is 463 g/mol. The summed E-state index contributed by atoms with van der Waals surface area (Å²) in [5.41, 5.74) is 1.41. The molecule has 11 heteroatoms. The van der Waals surface area contributed by atoms with E-state index in [2.05, 4.69) is 25.6 Å². The highest BCUT2D eigenvalue weighted by Crippen LogP contribution is 2.37. The van der Waals surface area contributed by atoms with Crippen LogP contribution in [0.15, 0.2) is 36.7 Å². The van der Waals surface area contributed by atoms with E-state index in [1.54, 1.807) is 6.20 Å². The van der Waals surface area contributed by atoms with Crippen molar-refractivity contribution >= 4 is 28.9 Å². The summed E-state index contributed by atoms with van der Waals surface area (Å²) in [6.45, 7) is 4.08. The lowest BCUT2D eigenvalue weighted by atomic mass is 9.98. The van der Waals surface area contributed by atoms with Gasteiger partial charge in [-0.2, -0.15) is 0 Å². The minimum absolute atomic E-state index is 0.0172. The summed E-state index contributed by atoms with van der Waals surface area (Å²) in [6.07, 6.45) is -2.68. The summed E-state index contributed by atoms with van der Waals surface area (Å²) < 4.78 is 44.3. The second-order valence-corrected chi connectivity index (χ2v) is 8.57. The van der Waals surface area contributed by atoms with Crippen molar-refractivity contribution in [2.24, 2.45) is 0 Å². The number of amides is 1. The van der Waals surface area contributed by atoms with Gasteiger partial charge in [-0.25, -0.2) is 28.1 Å². The number of hydrogen-bond donors (Lipinski definition) is 2. The summed E-state index contributed by atoms with van der Waals surface area (Å²) in [5, 5.41) is 6.62. The Morgan fingerprint density at radius 2 is 2.00 bits per heavy atom. The molecule has 32 heavy (non-hydrogen) atoms. The number of nitrogens with one attached hydrogen (secondary N) is 2. The first-order valence-corrected chi connectivity index (χ1v) is 10.5. The topological polar surface area (TPSA) is 89.0 Å². The van der Waals surface area contributed by atoms with Crippen LogP contribution in [0.1, 0.15) is 29.4 Å². The molecule has 1 aromatic carbocycles. The maximum absolute atomic E-state index is 13.6. The molecule has 3 heterocycles. The van der Waals surface area contributed by atoms with Crippen LogP contribution in [0.4, 0.5) is 24.8 Å². The molecule has 168 valence electrons. The number of nitrogens with zero attached hydrogens (tertiary/aromatic N) is 3. The monoisotopic (exact) mass is 463 g/mol. The Hall–Kier alpha value is -3.05. The van der Waals surface area contributed by atoms with Gasteiger partial charge >= 0.3 is 0 Å². The third kappa shape index (κ3) is 4.58. The molecule has 1 atom stereocenters. The van der Waals surface area contributed by atoms with Gasteiger partial charge in [0.25, 0.3) is 6.43 Å². The first kappa shape index (κ1) is 22.2. The number of halogens is 3. The molecule has 4 rings (SSSR count). The van der Waals surface area contributed by atoms with Crippen LogP contribution in [0.5, 0.6) is 0 Å². The molecule has 1 fully saturated rings. The molecule has 0 bridgehead atoms. The Kier molecular flexibility index (Phi) is 6.11. The number of alkyl halides is 3. The normalized spacial score (nSPS) is 15.8. The van der Waals surface area contributed by atoms with Gasteiger partial charge in [-0.15, -0.1) is 11.3 Å². The van der Waals surface area contributed by atoms with Gasteiger partial charge in [0, 0.05) is 25.0 Å². The van der Waals surface area contributed by atoms with Gasteiger partial charge in [0.2, 0.25) is 18.0 Å². The van der Waals surface area contributed by atoms with Gasteiger partial charge in [-0.3, -0.25) is 4.79 Å². The fraction of sp³-hybridized carbons (Fsp3) is 0.333. The first-order valence-electron chi connectivity index (χ1n) is 9.73. The third-order valence-corrected chi connectivity index (χ3v) is 6.08. The summed E-state index contributed by atoms with van der Waals surface area (Å²) in [5.74, 6) is -0.139. The summed E-state index contributed by atoms with van der Waals surface area (Å²) in [4.78, 5) is 24.8. The van der Waals surface area contributed by atoms with Crippen molar-refractivity contribution in [1.29, 1.82) is 0 Å². The van der Waals surface area contributed by atoms with Crippen molar-refractivity contribution in [3.8, 4) is 10.4 Å². The van der Waals surface area contributed by atoms with Crippen LogP contribution < -0.4 is 10.6 Å². The van der Waals surface area contributed by atoms with Gasteiger partial charge in [0.15, 0.2) is 0 Å². The lowest BCUT2D eigenvalue weighted by Crippen LogP contribution is -2.58. The Morgan fingerprint density at radius 1 is 1.22 bits per heavy atom. The van der Waals surface area contributed by atoms with Crippen molar-refractivity contribution < 1.29 is 22.7 Å². The second-order valence-electron chi connectivity index (χ2n) is 7.54. The van der Waals surface area contributed by atoms with Crippen LogP contribution in [0.2, 0.25) is 0 Å². The molecule has 0 radical (unpaired) electrons. The van der Waals surface area contributed by atoms with Gasteiger partial charge in [-0.05, 0) is 36.2 Å². The van der Waals surface area contributed by atoms with Crippen LogP contribution in [-0.4, -0.2) is 40.5 Å². The molecule has 1 aliphatic rings. The Bertz CT molecular complexity index is 1140. The van der Waals surface area contributed by atoms with Gasteiger partial charge in [0.1, 0.15) is 10.5 Å². The maximum Gasteiger partial charge on any atom is 0.275 e. The van der Waals surface area contributed by atoms with Crippen molar-refractivity contribution in [3.63, 3.8) is 0 Å². The predicted octanol–water partition coefficient (Wildman–Crippen LogP) is 4.29. The molecule has 1 aliphatic heterocycles. The lowest BCUT2D eigenvalue weighted by molar-refractivity contribution is -0.131. The van der Waals surface area contributed by atoms with E-state index in [0.717, 1.165) is 27.1 Å². The molecule has 1 amide bonds. The van der Waals surface area contributed by atoms with Crippen LogP contribution in [-0.2, 0) is 15.1 Å². The number of anilines is 2. The number of carbonyl (C=O) groups is 1. The van der Waals surface area contributed by atoms with Crippen LogP contribution >= 0.6 is 11.3 Å². The van der Waals surface area contributed by atoms with E-state index in [4.69, 9.17) is 4.74 Å². The maximum atomic E-state index is 13.6. The zero-order chi connectivity index (χ0) is 22.9. The number of rotatable bonds is 7. The molecule has 0 aliphatic carbocycles. The lowest BCUT2D eigenvalue weighted by Gasteiger charge is -2.39. The van der Waals surface area contributed by atoms with E-state index >= 15 is 0 Å². The van der Waals surface area contributed by atoms with Crippen molar-refractivity contribution in [1.82, 2.24) is 20.3 Å². The molecule has 2 aromatic heterocycles. The zero-order valence-corrected chi connectivity index (χ0v) is 18.0. The summed E-state index contributed by atoms with van der Waals surface area (Å²) in [7, 11) is 0. The zero-order valence-electron chi connectivity index (χ0n) is 17.2. The smallest absolute Gasteiger partial charge is 0.275 e. The fourth-order valence-corrected chi connectivity index (χ4v) is 4.38. The second kappa shape index (κ2) is 8.83. The Labute approximate surface area is 186 Å². The highest BCUT2D eigenvalue weighted by Gasteiger charge is 2.44. The van der Waals surface area contributed by atoms with E-state index in [-0.39, 0.29) is 17.5 Å². The molecule has 0 saturated carbocycles. The number of thiazole rings is 1. The Morgan fingerprint density at radius 3 is 2.66 bits per heavy atom. The summed E-state index contributed by atoms with van der Waals surface area (Å²) in [6, 6.07) is 6.76. The number of aryl methyl sites for hydroxylation is 1. The molecule has 0 spiro atoms. The molecule has 7 nitrogen and oxygen atoms in total. The number of carbonyl (C=O) groups excluding carboxylic acids is 1. The highest BCUT2D eigenvalue weighted by molar-refractivity contribution is 7.15. The molecular formula is C21H20F3N5O2S. The van der Waals surface area contributed by atoms with Crippen molar-refractivity contribution in [2.45, 2.75) is 32.0 Å². The minimum Gasteiger partial charge on any atom is -0.375 e. The number of hydrogen-bond acceptors (Lipinski definition) is 7. The van der Waals surface area contributed by atoms with E-state index in [0.29, 0.717) is 18.9 Å². The minimum atomic E-state index is -3.16. The van der Waals surface area contributed by atoms with Gasteiger partial charge in [0.05, 0.1) is 23.8 Å². The largest absolute Gasteiger partial charge is 0.375 e. The molecule has 1 unspecified atom stereocenters. The van der Waals surface area contributed by atoms with E-state index < -0.39 is 18.1 Å². The Balaban J connectivity index is 1.59. The van der Waals surface area contributed by atoms with E-state index in [1.165, 1.54) is 24.5 Å².